The molecular formula is C12H26O3. The Hall–Kier alpha value is -0.120. The van der Waals surface area contributed by atoms with Crippen molar-refractivity contribution in [2.45, 2.75) is 70.5 Å². The fourth-order valence-corrected chi connectivity index (χ4v) is 1.71. The molecule has 0 heterocycles. The zero-order valence-corrected chi connectivity index (χ0v) is 9.86. The third-order valence-corrected chi connectivity index (χ3v) is 2.66. The van der Waals surface area contributed by atoms with E-state index in [1.807, 2.05) is 0 Å². The molecule has 2 atom stereocenters. The molecule has 0 spiro atoms. The molecule has 0 rings (SSSR count). The van der Waals surface area contributed by atoms with Gasteiger partial charge in [0.25, 0.3) is 0 Å². The van der Waals surface area contributed by atoms with E-state index in [9.17, 15) is 10.2 Å². The van der Waals surface area contributed by atoms with E-state index in [4.69, 9.17) is 5.11 Å². The molecule has 0 saturated carbocycles. The number of aliphatic hydroxyl groups is 3. The first-order valence-corrected chi connectivity index (χ1v) is 6.17. The lowest BCUT2D eigenvalue weighted by Gasteiger charge is -2.10. The Bertz CT molecular complexity index is 114. The molecule has 3 heteroatoms. The topological polar surface area (TPSA) is 60.7 Å². The van der Waals surface area contributed by atoms with Crippen molar-refractivity contribution >= 4 is 0 Å². The number of hydrogen-bond acceptors (Lipinski definition) is 3. The molecule has 3 nitrogen and oxygen atoms in total. The quantitative estimate of drug-likeness (QED) is 0.490. The highest BCUT2D eigenvalue weighted by molar-refractivity contribution is 4.58. The van der Waals surface area contributed by atoms with E-state index in [0.717, 1.165) is 44.9 Å². The second kappa shape index (κ2) is 10.4. The maximum absolute atomic E-state index is 9.46. The van der Waals surface area contributed by atoms with Gasteiger partial charge in [0.05, 0.1) is 12.2 Å². The van der Waals surface area contributed by atoms with Crippen LogP contribution in [0, 0.1) is 0 Å². The van der Waals surface area contributed by atoms with Crippen LogP contribution < -0.4 is 0 Å². The minimum Gasteiger partial charge on any atom is -0.396 e. The summed E-state index contributed by atoms with van der Waals surface area (Å²) in [5.74, 6) is 0. The predicted molar refractivity (Wildman–Crippen MR) is 61.7 cm³/mol. The zero-order valence-electron chi connectivity index (χ0n) is 9.86. The lowest BCUT2D eigenvalue weighted by atomic mass is 10.0. The van der Waals surface area contributed by atoms with Crippen molar-refractivity contribution in [3.8, 4) is 0 Å². The van der Waals surface area contributed by atoms with Gasteiger partial charge in [0, 0.05) is 6.61 Å². The van der Waals surface area contributed by atoms with E-state index in [0.29, 0.717) is 6.42 Å². The number of hydrogen-bond donors (Lipinski definition) is 3. The van der Waals surface area contributed by atoms with E-state index in [-0.39, 0.29) is 18.8 Å². The Kier molecular flexibility index (Phi) is 10.3. The summed E-state index contributed by atoms with van der Waals surface area (Å²) in [6.07, 6.45) is 6.65. The van der Waals surface area contributed by atoms with E-state index >= 15 is 0 Å². The molecule has 0 amide bonds. The molecule has 3 N–H and O–H groups in total. The average Bonchev–Trinajstić information content (AvgIpc) is 2.18. The van der Waals surface area contributed by atoms with Gasteiger partial charge in [-0.15, -0.1) is 0 Å². The first-order chi connectivity index (χ1) is 7.20. The lowest BCUT2D eigenvalue weighted by molar-refractivity contribution is 0.120. The van der Waals surface area contributed by atoms with Crippen LogP contribution in [0.1, 0.15) is 58.3 Å². The lowest BCUT2D eigenvalue weighted by Crippen LogP contribution is -2.09. The Morgan fingerprint density at radius 3 is 1.80 bits per heavy atom. The summed E-state index contributed by atoms with van der Waals surface area (Å²) < 4.78 is 0. The summed E-state index contributed by atoms with van der Waals surface area (Å²) in [4.78, 5) is 0. The zero-order chi connectivity index (χ0) is 11.5. The molecule has 0 aromatic carbocycles. The van der Waals surface area contributed by atoms with Crippen molar-refractivity contribution in [1.29, 1.82) is 0 Å². The van der Waals surface area contributed by atoms with Crippen molar-refractivity contribution in [2.24, 2.45) is 0 Å². The van der Waals surface area contributed by atoms with Gasteiger partial charge in [-0.3, -0.25) is 0 Å². The van der Waals surface area contributed by atoms with Gasteiger partial charge in [0.15, 0.2) is 0 Å². The van der Waals surface area contributed by atoms with Crippen LogP contribution >= 0.6 is 0 Å². The molecule has 0 aromatic rings. The largest absolute Gasteiger partial charge is 0.396 e. The van der Waals surface area contributed by atoms with Gasteiger partial charge in [-0.1, -0.05) is 32.6 Å². The number of rotatable bonds is 10. The van der Waals surface area contributed by atoms with Crippen molar-refractivity contribution < 1.29 is 15.3 Å². The van der Waals surface area contributed by atoms with Crippen LogP contribution in [-0.4, -0.2) is 34.1 Å². The molecule has 0 aromatic heterocycles. The Balaban J connectivity index is 3.17. The highest BCUT2D eigenvalue weighted by atomic mass is 16.3. The molecule has 15 heavy (non-hydrogen) atoms. The van der Waals surface area contributed by atoms with Crippen LogP contribution in [0.3, 0.4) is 0 Å². The van der Waals surface area contributed by atoms with E-state index in [1.165, 1.54) is 0 Å². The van der Waals surface area contributed by atoms with Gasteiger partial charge >= 0.3 is 0 Å². The fraction of sp³-hybridized carbons (Fsp3) is 1.00. The highest BCUT2D eigenvalue weighted by Gasteiger charge is 2.04. The highest BCUT2D eigenvalue weighted by Crippen LogP contribution is 2.11. The van der Waals surface area contributed by atoms with Gasteiger partial charge in [-0.25, -0.2) is 0 Å². The van der Waals surface area contributed by atoms with Gasteiger partial charge in [-0.05, 0) is 25.7 Å². The summed E-state index contributed by atoms with van der Waals surface area (Å²) in [6, 6.07) is 0. The van der Waals surface area contributed by atoms with E-state index in [2.05, 4.69) is 6.92 Å². The second-order valence-corrected chi connectivity index (χ2v) is 4.25. The van der Waals surface area contributed by atoms with Crippen molar-refractivity contribution in [3.63, 3.8) is 0 Å². The van der Waals surface area contributed by atoms with Gasteiger partial charge in [0.1, 0.15) is 0 Å². The standard InChI is InChI=1S/C12H26O3/c1-2-6-11(14)7-4-3-5-8-12(15)9-10-13/h11-15H,2-10H2,1H3. The van der Waals surface area contributed by atoms with Crippen LogP contribution in [0.25, 0.3) is 0 Å². The number of unbranched alkanes of at least 4 members (excludes halogenated alkanes) is 2. The third kappa shape index (κ3) is 10.2. The predicted octanol–water partition coefficient (Wildman–Crippen LogP) is 1.84. The summed E-state index contributed by atoms with van der Waals surface area (Å²) >= 11 is 0. The first-order valence-electron chi connectivity index (χ1n) is 6.17. The van der Waals surface area contributed by atoms with Crippen LogP contribution in [0.15, 0.2) is 0 Å². The van der Waals surface area contributed by atoms with Crippen molar-refractivity contribution in [2.75, 3.05) is 6.61 Å². The van der Waals surface area contributed by atoms with E-state index in [1.54, 1.807) is 0 Å². The summed E-state index contributed by atoms with van der Waals surface area (Å²) in [7, 11) is 0. The molecule has 0 aliphatic carbocycles. The summed E-state index contributed by atoms with van der Waals surface area (Å²) in [6.45, 7) is 2.14. The molecule has 92 valence electrons. The van der Waals surface area contributed by atoms with Gasteiger partial charge in [0.2, 0.25) is 0 Å². The molecule has 2 unspecified atom stereocenters. The Morgan fingerprint density at radius 1 is 0.800 bits per heavy atom. The normalized spacial score (nSPS) is 15.2. The van der Waals surface area contributed by atoms with Crippen LogP contribution in [0.4, 0.5) is 0 Å². The molecule has 0 aliphatic heterocycles. The maximum atomic E-state index is 9.46. The molecule has 0 radical (unpaired) electrons. The minimum atomic E-state index is -0.351. The second-order valence-electron chi connectivity index (χ2n) is 4.25. The van der Waals surface area contributed by atoms with Gasteiger partial charge in [-0.2, -0.15) is 0 Å². The molecule has 0 bridgehead atoms. The summed E-state index contributed by atoms with van der Waals surface area (Å²) in [5.41, 5.74) is 0. The first kappa shape index (κ1) is 14.9. The van der Waals surface area contributed by atoms with Crippen LogP contribution in [-0.2, 0) is 0 Å². The molecule has 0 aliphatic rings. The van der Waals surface area contributed by atoms with Crippen LogP contribution in [0.2, 0.25) is 0 Å². The van der Waals surface area contributed by atoms with E-state index < -0.39 is 0 Å². The molecule has 0 saturated heterocycles. The maximum Gasteiger partial charge on any atom is 0.0562 e. The third-order valence-electron chi connectivity index (χ3n) is 2.66. The van der Waals surface area contributed by atoms with Crippen molar-refractivity contribution in [3.05, 3.63) is 0 Å². The minimum absolute atomic E-state index is 0.0659. The van der Waals surface area contributed by atoms with Crippen molar-refractivity contribution in [1.82, 2.24) is 0 Å². The molecular weight excluding hydrogens is 192 g/mol. The SMILES string of the molecule is CCCC(O)CCCCCC(O)CCO. The number of aliphatic hydroxyl groups excluding tert-OH is 3. The smallest absolute Gasteiger partial charge is 0.0562 e. The summed E-state index contributed by atoms with van der Waals surface area (Å²) in [5, 5.41) is 27.4. The molecule has 0 fully saturated rings. The Morgan fingerprint density at radius 2 is 1.33 bits per heavy atom. The van der Waals surface area contributed by atoms with Gasteiger partial charge < -0.3 is 15.3 Å². The average molecular weight is 218 g/mol. The van der Waals surface area contributed by atoms with Crippen LogP contribution in [0.5, 0.6) is 0 Å². The monoisotopic (exact) mass is 218 g/mol. The fourth-order valence-electron chi connectivity index (χ4n) is 1.71. The Labute approximate surface area is 93.1 Å².